The molecule has 1 amide bonds. The number of carbonyl (C=O) groups excluding carboxylic acids is 1. The van der Waals surface area contributed by atoms with E-state index in [0.29, 0.717) is 29.7 Å². The van der Waals surface area contributed by atoms with Crippen molar-refractivity contribution in [1.29, 1.82) is 0 Å². The van der Waals surface area contributed by atoms with Crippen molar-refractivity contribution in [2.75, 3.05) is 19.6 Å². The largest absolute Gasteiger partial charge is 0.340 e. The molecule has 1 N–H and O–H groups in total. The molecule has 0 aromatic heterocycles. The number of nitrogens with one attached hydrogen (secondary N) is 1. The van der Waals surface area contributed by atoms with E-state index in [1.165, 1.54) is 12.1 Å². The molecular weight excluding hydrogens is 255 g/mol. The van der Waals surface area contributed by atoms with Crippen molar-refractivity contribution in [3.05, 3.63) is 34.6 Å². The summed E-state index contributed by atoms with van der Waals surface area (Å²) in [6.45, 7) is 4.24. The Hall–Kier alpha value is -1.13. The average molecular weight is 271 g/mol. The molecule has 18 heavy (non-hydrogen) atoms. The Morgan fingerprint density at radius 1 is 1.56 bits per heavy atom. The topological polar surface area (TPSA) is 32.3 Å². The van der Waals surface area contributed by atoms with Gasteiger partial charge in [-0.3, -0.25) is 4.79 Å². The summed E-state index contributed by atoms with van der Waals surface area (Å²) < 4.78 is 13.2. The van der Waals surface area contributed by atoms with E-state index in [-0.39, 0.29) is 12.3 Å². The Morgan fingerprint density at radius 3 is 3.00 bits per heavy atom. The van der Waals surface area contributed by atoms with E-state index in [1.54, 1.807) is 11.0 Å². The predicted octanol–water partition coefficient (Wildman–Crippen LogP) is 1.84. The molecule has 1 atom stereocenters. The third kappa shape index (κ3) is 3.43. The average Bonchev–Trinajstić information content (AvgIpc) is 2.27. The number of benzene rings is 1. The van der Waals surface area contributed by atoms with Gasteiger partial charge in [0.25, 0.3) is 0 Å². The highest BCUT2D eigenvalue weighted by molar-refractivity contribution is 6.30. The van der Waals surface area contributed by atoms with Crippen LogP contribution in [0.5, 0.6) is 0 Å². The predicted molar refractivity (Wildman–Crippen MR) is 69.2 cm³/mol. The van der Waals surface area contributed by atoms with Crippen LogP contribution >= 0.6 is 11.6 Å². The SMILES string of the molecule is C[C@@H]1CN(C(=O)Cc2cc(F)cc(Cl)c2)CCN1. The molecule has 1 saturated heterocycles. The van der Waals surface area contributed by atoms with Crippen molar-refractivity contribution in [1.82, 2.24) is 10.2 Å². The highest BCUT2D eigenvalue weighted by atomic mass is 35.5. The number of halogens is 2. The van der Waals surface area contributed by atoms with E-state index >= 15 is 0 Å². The Morgan fingerprint density at radius 2 is 2.33 bits per heavy atom. The highest BCUT2D eigenvalue weighted by Crippen LogP contribution is 2.15. The van der Waals surface area contributed by atoms with E-state index in [0.717, 1.165) is 6.54 Å². The van der Waals surface area contributed by atoms with Crippen molar-refractivity contribution >= 4 is 17.5 Å². The van der Waals surface area contributed by atoms with E-state index in [1.807, 2.05) is 6.92 Å². The second-order valence-corrected chi connectivity index (χ2v) is 5.09. The zero-order valence-corrected chi connectivity index (χ0v) is 11.0. The number of nitrogens with zero attached hydrogens (tertiary/aromatic N) is 1. The van der Waals surface area contributed by atoms with Crippen LogP contribution in [0.3, 0.4) is 0 Å². The maximum Gasteiger partial charge on any atom is 0.227 e. The molecule has 0 bridgehead atoms. The molecule has 0 saturated carbocycles. The highest BCUT2D eigenvalue weighted by Gasteiger charge is 2.20. The first-order chi connectivity index (χ1) is 8.54. The third-order valence-corrected chi connectivity index (χ3v) is 3.22. The summed E-state index contributed by atoms with van der Waals surface area (Å²) in [6.07, 6.45) is 0.199. The number of rotatable bonds is 2. The zero-order chi connectivity index (χ0) is 13.1. The lowest BCUT2D eigenvalue weighted by atomic mass is 10.1. The summed E-state index contributed by atoms with van der Waals surface area (Å²) in [5.41, 5.74) is 0.621. The number of carbonyl (C=O) groups is 1. The summed E-state index contributed by atoms with van der Waals surface area (Å²) in [5, 5.41) is 3.60. The van der Waals surface area contributed by atoms with Gasteiger partial charge in [0, 0.05) is 30.7 Å². The molecule has 1 aliphatic heterocycles. The molecular formula is C13H16ClFN2O. The van der Waals surface area contributed by atoms with Crippen LogP contribution in [0.1, 0.15) is 12.5 Å². The Labute approximate surface area is 111 Å². The summed E-state index contributed by atoms with van der Waals surface area (Å²) >= 11 is 5.77. The molecule has 5 heteroatoms. The maximum absolute atomic E-state index is 13.2. The minimum Gasteiger partial charge on any atom is -0.340 e. The summed E-state index contributed by atoms with van der Waals surface area (Å²) in [6, 6.07) is 4.53. The second kappa shape index (κ2) is 5.67. The van der Waals surface area contributed by atoms with E-state index < -0.39 is 5.82 Å². The number of amides is 1. The van der Waals surface area contributed by atoms with Crippen molar-refractivity contribution in [3.63, 3.8) is 0 Å². The molecule has 1 aromatic rings. The second-order valence-electron chi connectivity index (χ2n) is 4.65. The summed E-state index contributed by atoms with van der Waals surface area (Å²) in [5.74, 6) is -0.385. The van der Waals surface area contributed by atoms with E-state index in [4.69, 9.17) is 11.6 Å². The zero-order valence-electron chi connectivity index (χ0n) is 10.2. The minimum atomic E-state index is -0.404. The molecule has 0 aliphatic carbocycles. The van der Waals surface area contributed by atoms with Crippen LogP contribution < -0.4 is 5.32 Å². The fourth-order valence-electron chi connectivity index (χ4n) is 2.16. The number of piperazine rings is 1. The molecule has 2 rings (SSSR count). The Balaban J connectivity index is 2.02. The summed E-state index contributed by atoms with van der Waals surface area (Å²) in [4.78, 5) is 13.9. The van der Waals surface area contributed by atoms with Crippen LogP contribution in [-0.2, 0) is 11.2 Å². The fourth-order valence-corrected chi connectivity index (χ4v) is 2.40. The molecule has 3 nitrogen and oxygen atoms in total. The quantitative estimate of drug-likeness (QED) is 0.889. The van der Waals surface area contributed by atoms with Gasteiger partial charge in [0.1, 0.15) is 5.82 Å². The van der Waals surface area contributed by atoms with Crippen LogP contribution in [0.15, 0.2) is 18.2 Å². The molecule has 0 unspecified atom stereocenters. The lowest BCUT2D eigenvalue weighted by Gasteiger charge is -2.32. The third-order valence-electron chi connectivity index (χ3n) is 3.00. The van der Waals surface area contributed by atoms with Gasteiger partial charge in [0.2, 0.25) is 5.91 Å². The van der Waals surface area contributed by atoms with Gasteiger partial charge in [-0.25, -0.2) is 4.39 Å². The van der Waals surface area contributed by atoms with Gasteiger partial charge in [-0.15, -0.1) is 0 Å². The molecule has 98 valence electrons. The molecule has 1 heterocycles. The van der Waals surface area contributed by atoms with Gasteiger partial charge in [-0.1, -0.05) is 11.6 Å². The van der Waals surface area contributed by atoms with Crippen LogP contribution in [0.4, 0.5) is 4.39 Å². The molecule has 0 spiro atoms. The minimum absolute atomic E-state index is 0.0185. The molecule has 1 fully saturated rings. The first-order valence-electron chi connectivity index (χ1n) is 6.01. The molecule has 1 aromatic carbocycles. The molecule has 1 aliphatic rings. The first-order valence-corrected chi connectivity index (χ1v) is 6.38. The lowest BCUT2D eigenvalue weighted by Crippen LogP contribution is -2.51. The van der Waals surface area contributed by atoms with E-state index in [2.05, 4.69) is 5.32 Å². The monoisotopic (exact) mass is 270 g/mol. The smallest absolute Gasteiger partial charge is 0.227 e. The van der Waals surface area contributed by atoms with Crippen molar-refractivity contribution in [2.45, 2.75) is 19.4 Å². The fraction of sp³-hybridized carbons (Fsp3) is 0.462. The van der Waals surface area contributed by atoms with Gasteiger partial charge in [0.15, 0.2) is 0 Å². The normalized spacial score (nSPS) is 19.9. The van der Waals surface area contributed by atoms with Crippen LogP contribution in [0, 0.1) is 5.82 Å². The van der Waals surface area contributed by atoms with E-state index in [9.17, 15) is 9.18 Å². The number of hydrogen-bond acceptors (Lipinski definition) is 2. The van der Waals surface area contributed by atoms with Gasteiger partial charge in [-0.2, -0.15) is 0 Å². The summed E-state index contributed by atoms with van der Waals surface area (Å²) in [7, 11) is 0. The number of hydrogen-bond donors (Lipinski definition) is 1. The first kappa shape index (κ1) is 13.3. The van der Waals surface area contributed by atoms with Gasteiger partial charge in [0.05, 0.1) is 6.42 Å². The van der Waals surface area contributed by atoms with Crippen LogP contribution in [0.25, 0.3) is 0 Å². The van der Waals surface area contributed by atoms with Gasteiger partial charge >= 0.3 is 0 Å². The van der Waals surface area contributed by atoms with Crippen LogP contribution in [0.2, 0.25) is 5.02 Å². The Kier molecular flexibility index (Phi) is 4.19. The maximum atomic E-state index is 13.2. The van der Waals surface area contributed by atoms with Gasteiger partial charge < -0.3 is 10.2 Å². The Bertz CT molecular complexity index is 432. The standard InChI is InChI=1S/C13H16ClFN2O/c1-9-8-17(3-2-16-9)13(18)6-10-4-11(14)7-12(15)5-10/h4-5,7,9,16H,2-3,6,8H2,1H3/t9-/m1/s1. The van der Waals surface area contributed by atoms with Gasteiger partial charge in [-0.05, 0) is 30.7 Å². The van der Waals surface area contributed by atoms with Crippen molar-refractivity contribution in [3.8, 4) is 0 Å². The van der Waals surface area contributed by atoms with Crippen LogP contribution in [-0.4, -0.2) is 36.5 Å². The lowest BCUT2D eigenvalue weighted by molar-refractivity contribution is -0.131. The molecule has 0 radical (unpaired) electrons. The van der Waals surface area contributed by atoms with Crippen molar-refractivity contribution in [2.24, 2.45) is 0 Å². The van der Waals surface area contributed by atoms with Crippen molar-refractivity contribution < 1.29 is 9.18 Å².